The molecule has 4 rings (SSSR count). The quantitative estimate of drug-likeness (QED) is 0.565. The van der Waals surface area contributed by atoms with Crippen LogP contribution in [0.25, 0.3) is 10.2 Å². The molecule has 2 amide bonds. The van der Waals surface area contributed by atoms with Crippen molar-refractivity contribution >= 4 is 38.5 Å². The van der Waals surface area contributed by atoms with Crippen molar-refractivity contribution in [2.24, 2.45) is 5.92 Å². The summed E-state index contributed by atoms with van der Waals surface area (Å²) in [4.78, 5) is 31.1. The Morgan fingerprint density at radius 1 is 1.41 bits per heavy atom. The van der Waals surface area contributed by atoms with Crippen molar-refractivity contribution in [3.63, 3.8) is 0 Å². The summed E-state index contributed by atoms with van der Waals surface area (Å²) < 4.78 is 8.20. The standard InChI is InChI=1S/C19H22N6O3S/c1-2-28-14-4-5-15-16(11-14)29-19(22-15)25-12-13(10-17(25)26)18(27)20-6-3-8-24-9-7-21-23-24/h4-5,7,9,11,13H,2-3,6,8,10,12H2,1H3,(H,20,27). The van der Waals surface area contributed by atoms with Crippen LogP contribution in [0.15, 0.2) is 30.6 Å². The van der Waals surface area contributed by atoms with Crippen LogP contribution >= 0.6 is 11.3 Å². The van der Waals surface area contributed by atoms with Gasteiger partial charge in [0.2, 0.25) is 11.8 Å². The van der Waals surface area contributed by atoms with Gasteiger partial charge in [-0.1, -0.05) is 16.6 Å². The number of fused-ring (bicyclic) bond motifs is 1. The molecule has 1 aliphatic rings. The fourth-order valence-electron chi connectivity index (χ4n) is 3.28. The maximum absolute atomic E-state index is 12.5. The molecule has 0 bridgehead atoms. The predicted molar refractivity (Wildman–Crippen MR) is 109 cm³/mol. The zero-order valence-electron chi connectivity index (χ0n) is 16.1. The highest BCUT2D eigenvalue weighted by Crippen LogP contribution is 2.34. The van der Waals surface area contributed by atoms with Crippen LogP contribution in [0.4, 0.5) is 5.13 Å². The summed E-state index contributed by atoms with van der Waals surface area (Å²) in [6.07, 6.45) is 4.36. The third-order valence-electron chi connectivity index (χ3n) is 4.72. The number of nitrogens with zero attached hydrogens (tertiary/aromatic N) is 5. The van der Waals surface area contributed by atoms with Crippen LogP contribution < -0.4 is 15.0 Å². The van der Waals surface area contributed by atoms with E-state index in [1.165, 1.54) is 11.3 Å². The van der Waals surface area contributed by atoms with E-state index in [0.717, 1.165) is 22.4 Å². The maximum atomic E-state index is 12.5. The number of carbonyl (C=O) groups excluding carboxylic acids is 2. The third-order valence-corrected chi connectivity index (χ3v) is 5.76. The Morgan fingerprint density at radius 2 is 2.31 bits per heavy atom. The fraction of sp³-hybridized carbons (Fsp3) is 0.421. The lowest BCUT2D eigenvalue weighted by atomic mass is 10.1. The third kappa shape index (κ3) is 4.37. The van der Waals surface area contributed by atoms with Gasteiger partial charge in [0.05, 0.1) is 28.9 Å². The first-order valence-corrected chi connectivity index (χ1v) is 10.4. The first-order chi connectivity index (χ1) is 14.1. The molecule has 1 saturated heterocycles. The van der Waals surface area contributed by atoms with E-state index in [1.54, 1.807) is 22.0 Å². The zero-order valence-corrected chi connectivity index (χ0v) is 16.9. The highest BCUT2D eigenvalue weighted by Gasteiger charge is 2.36. The van der Waals surface area contributed by atoms with Gasteiger partial charge in [-0.15, -0.1) is 5.10 Å². The summed E-state index contributed by atoms with van der Waals surface area (Å²) in [7, 11) is 0. The van der Waals surface area contributed by atoms with Crippen molar-refractivity contribution in [3.05, 3.63) is 30.6 Å². The molecular formula is C19H22N6O3S. The number of anilines is 1. The van der Waals surface area contributed by atoms with E-state index in [0.29, 0.717) is 31.4 Å². The summed E-state index contributed by atoms with van der Waals surface area (Å²) in [5, 5.41) is 11.2. The van der Waals surface area contributed by atoms with Gasteiger partial charge in [0.25, 0.3) is 0 Å². The van der Waals surface area contributed by atoms with Crippen molar-refractivity contribution in [2.75, 3.05) is 24.6 Å². The van der Waals surface area contributed by atoms with Gasteiger partial charge in [0.1, 0.15) is 5.75 Å². The Bertz CT molecular complexity index is 1000. The molecule has 0 aliphatic carbocycles. The smallest absolute Gasteiger partial charge is 0.229 e. The molecular weight excluding hydrogens is 392 g/mol. The lowest BCUT2D eigenvalue weighted by molar-refractivity contribution is -0.126. The van der Waals surface area contributed by atoms with E-state index < -0.39 is 0 Å². The lowest BCUT2D eigenvalue weighted by Gasteiger charge is -2.13. The van der Waals surface area contributed by atoms with Crippen LogP contribution in [0.5, 0.6) is 5.75 Å². The molecule has 1 N–H and O–H groups in total. The molecule has 152 valence electrons. The lowest BCUT2D eigenvalue weighted by Crippen LogP contribution is -2.33. The SMILES string of the molecule is CCOc1ccc2nc(N3CC(C(=O)NCCCn4ccnn4)CC3=O)sc2c1. The van der Waals surface area contributed by atoms with Gasteiger partial charge < -0.3 is 10.1 Å². The number of benzene rings is 1. The van der Waals surface area contributed by atoms with Crippen LogP contribution in [0, 0.1) is 5.92 Å². The van der Waals surface area contributed by atoms with Crippen molar-refractivity contribution in [1.82, 2.24) is 25.3 Å². The zero-order chi connectivity index (χ0) is 20.2. The Morgan fingerprint density at radius 3 is 3.10 bits per heavy atom. The van der Waals surface area contributed by atoms with Crippen molar-refractivity contribution < 1.29 is 14.3 Å². The van der Waals surface area contributed by atoms with Gasteiger partial charge in [-0.3, -0.25) is 19.2 Å². The van der Waals surface area contributed by atoms with Gasteiger partial charge >= 0.3 is 0 Å². The van der Waals surface area contributed by atoms with Gasteiger partial charge in [0, 0.05) is 32.3 Å². The van der Waals surface area contributed by atoms with E-state index in [4.69, 9.17) is 4.74 Å². The molecule has 1 atom stereocenters. The Kier molecular flexibility index (Phi) is 5.70. The average molecular weight is 414 g/mol. The number of nitrogens with one attached hydrogen (secondary N) is 1. The second kappa shape index (κ2) is 8.56. The number of hydrogen-bond donors (Lipinski definition) is 1. The van der Waals surface area contributed by atoms with E-state index in [2.05, 4.69) is 20.6 Å². The molecule has 10 heteroatoms. The molecule has 0 radical (unpaired) electrons. The highest BCUT2D eigenvalue weighted by atomic mass is 32.1. The number of rotatable bonds is 8. The van der Waals surface area contributed by atoms with Crippen molar-refractivity contribution in [3.8, 4) is 5.75 Å². The summed E-state index contributed by atoms with van der Waals surface area (Å²) in [5.74, 6) is 0.252. The van der Waals surface area contributed by atoms with Gasteiger partial charge in [-0.05, 0) is 31.5 Å². The summed E-state index contributed by atoms with van der Waals surface area (Å²) >= 11 is 1.44. The number of aromatic nitrogens is 4. The number of amides is 2. The summed E-state index contributed by atoms with van der Waals surface area (Å²) in [5.41, 5.74) is 0.822. The van der Waals surface area contributed by atoms with Crippen LogP contribution in [-0.4, -0.2) is 51.5 Å². The second-order valence-corrected chi connectivity index (χ2v) is 7.78. The molecule has 1 fully saturated rings. The van der Waals surface area contributed by atoms with Crippen LogP contribution in [0.3, 0.4) is 0 Å². The van der Waals surface area contributed by atoms with Gasteiger partial charge in [0.15, 0.2) is 5.13 Å². The Hall–Kier alpha value is -3.01. The largest absolute Gasteiger partial charge is 0.494 e. The normalized spacial score (nSPS) is 16.5. The number of hydrogen-bond acceptors (Lipinski definition) is 7. The minimum atomic E-state index is -0.361. The molecule has 1 unspecified atom stereocenters. The maximum Gasteiger partial charge on any atom is 0.229 e. The van der Waals surface area contributed by atoms with Crippen LogP contribution in [-0.2, 0) is 16.1 Å². The number of carbonyl (C=O) groups is 2. The first kappa shape index (κ1) is 19.3. The molecule has 9 nitrogen and oxygen atoms in total. The molecule has 1 aliphatic heterocycles. The average Bonchev–Trinajstić information content (AvgIpc) is 3.44. The number of thiazole rings is 1. The Balaban J connectivity index is 1.34. The monoisotopic (exact) mass is 414 g/mol. The molecule has 1 aromatic carbocycles. The number of aryl methyl sites for hydroxylation is 1. The van der Waals surface area contributed by atoms with Crippen LogP contribution in [0.2, 0.25) is 0 Å². The Labute approximate surface area is 171 Å². The second-order valence-electron chi connectivity index (χ2n) is 6.78. The van der Waals surface area contributed by atoms with E-state index in [-0.39, 0.29) is 24.2 Å². The molecule has 0 spiro atoms. The molecule has 2 aromatic heterocycles. The fourth-order valence-corrected chi connectivity index (χ4v) is 4.30. The van der Waals surface area contributed by atoms with E-state index in [9.17, 15) is 9.59 Å². The summed E-state index contributed by atoms with van der Waals surface area (Å²) in [6.45, 7) is 4.10. The summed E-state index contributed by atoms with van der Waals surface area (Å²) in [6, 6.07) is 5.69. The van der Waals surface area contributed by atoms with Crippen molar-refractivity contribution in [1.29, 1.82) is 0 Å². The molecule has 3 heterocycles. The van der Waals surface area contributed by atoms with Crippen LogP contribution in [0.1, 0.15) is 19.8 Å². The predicted octanol–water partition coefficient (Wildman–Crippen LogP) is 1.85. The van der Waals surface area contributed by atoms with Gasteiger partial charge in [-0.2, -0.15) is 0 Å². The van der Waals surface area contributed by atoms with Gasteiger partial charge in [-0.25, -0.2) is 4.98 Å². The van der Waals surface area contributed by atoms with Crippen molar-refractivity contribution in [2.45, 2.75) is 26.3 Å². The molecule has 29 heavy (non-hydrogen) atoms. The minimum absolute atomic E-state index is 0.0724. The minimum Gasteiger partial charge on any atom is -0.494 e. The first-order valence-electron chi connectivity index (χ1n) is 9.59. The molecule has 0 saturated carbocycles. The molecule has 3 aromatic rings. The topological polar surface area (TPSA) is 102 Å². The number of ether oxygens (including phenoxy) is 1. The van der Waals surface area contributed by atoms with E-state index in [1.807, 2.05) is 25.1 Å². The van der Waals surface area contributed by atoms with E-state index >= 15 is 0 Å². The highest BCUT2D eigenvalue weighted by molar-refractivity contribution is 7.22.